The Bertz CT molecular complexity index is 1800. The van der Waals surface area contributed by atoms with Crippen molar-refractivity contribution in [1.29, 1.82) is 0 Å². The number of nitrogens with one attached hydrogen (secondary N) is 1. The number of aliphatic hydroxyl groups is 1. The molecule has 1 unspecified atom stereocenters. The Labute approximate surface area is 303 Å². The second-order valence-corrected chi connectivity index (χ2v) is 14.6. The van der Waals surface area contributed by atoms with Crippen molar-refractivity contribution < 1.29 is 37.4 Å². The smallest absolute Gasteiger partial charge is 0.459 e. The Morgan fingerprint density at radius 3 is 2.48 bits per heavy atom. The number of esters is 1. The molecule has 5 rings (SSSR count). The number of para-hydroxylation sites is 1. The van der Waals surface area contributed by atoms with Crippen LogP contribution in [0.4, 0.5) is 10.2 Å². The molecule has 0 aliphatic carbocycles. The fourth-order valence-corrected chi connectivity index (χ4v) is 7.59. The molecule has 13 nitrogen and oxygen atoms in total. The van der Waals surface area contributed by atoms with Crippen molar-refractivity contribution in [3.8, 4) is 5.75 Å². The molecule has 1 saturated heterocycles. The molecule has 4 aromatic rings. The van der Waals surface area contributed by atoms with E-state index in [1.54, 1.807) is 30.3 Å². The normalized spacial score (nSPS) is 20.4. The van der Waals surface area contributed by atoms with Crippen LogP contribution in [0.25, 0.3) is 11.2 Å². The molecule has 52 heavy (non-hydrogen) atoms. The highest BCUT2D eigenvalue weighted by molar-refractivity contribution is 7.52. The predicted octanol–water partition coefficient (Wildman–Crippen LogP) is 6.84. The third-order valence-electron chi connectivity index (χ3n) is 8.97. The molecule has 1 fully saturated rings. The Morgan fingerprint density at radius 1 is 1.12 bits per heavy atom. The highest BCUT2D eigenvalue weighted by atomic mass is 31.2. The van der Waals surface area contributed by atoms with Gasteiger partial charge in [-0.2, -0.15) is 19.4 Å². The summed E-state index contributed by atoms with van der Waals surface area (Å²) < 4.78 is 54.1. The lowest BCUT2D eigenvalue weighted by molar-refractivity contribution is -0.146. The number of halogens is 1. The van der Waals surface area contributed by atoms with Crippen LogP contribution in [0.5, 0.6) is 5.75 Å². The van der Waals surface area contributed by atoms with E-state index in [1.165, 1.54) is 42.7 Å². The number of ether oxygens (including phenoxy) is 2. The van der Waals surface area contributed by atoms with Crippen molar-refractivity contribution in [1.82, 2.24) is 24.6 Å². The molecule has 1 aliphatic rings. The number of nitrogens with zero attached hydrogens (tertiary/aromatic N) is 4. The van der Waals surface area contributed by atoms with E-state index >= 15 is 0 Å². The number of aliphatic hydroxyl groups excluding tert-OH is 1. The number of aromatic nitrogens is 4. The number of hydrogen-bond donors (Lipinski definition) is 3. The topological polar surface area (TPSA) is 173 Å². The number of carbonyl (C=O) groups is 1. The summed E-state index contributed by atoms with van der Waals surface area (Å²) >= 11 is 0. The predicted molar refractivity (Wildman–Crippen MR) is 195 cm³/mol. The molecule has 280 valence electrons. The molecule has 0 saturated carbocycles. The lowest BCUT2D eigenvalue weighted by Gasteiger charge is -2.31. The number of fused-ring (bicyclic) bond motifs is 1. The minimum Gasteiger partial charge on any atom is -0.465 e. The molecule has 3 heterocycles. The second-order valence-electron chi connectivity index (χ2n) is 12.9. The first kappa shape index (κ1) is 39.0. The van der Waals surface area contributed by atoms with E-state index in [-0.39, 0.29) is 42.2 Å². The van der Waals surface area contributed by atoms with Gasteiger partial charge in [-0.3, -0.25) is 13.9 Å². The number of nitrogens with two attached hydrogens (primary N) is 1. The zero-order chi connectivity index (χ0) is 37.0. The largest absolute Gasteiger partial charge is 0.465 e. The van der Waals surface area contributed by atoms with Crippen molar-refractivity contribution in [2.45, 2.75) is 95.1 Å². The molecular formula is C37H48FN6O7P. The van der Waals surface area contributed by atoms with Gasteiger partial charge in [0.25, 0.3) is 0 Å². The van der Waals surface area contributed by atoms with Gasteiger partial charge < -0.3 is 24.8 Å². The molecule has 2 aromatic heterocycles. The van der Waals surface area contributed by atoms with Gasteiger partial charge >= 0.3 is 19.8 Å². The number of imidazole rings is 1. The van der Waals surface area contributed by atoms with Gasteiger partial charge in [-0.05, 0) is 30.5 Å². The first-order valence-electron chi connectivity index (χ1n) is 17.8. The summed E-state index contributed by atoms with van der Waals surface area (Å²) in [6, 6.07) is 16.5. The fraction of sp³-hybridized carbons (Fsp3) is 0.459. The lowest BCUT2D eigenvalue weighted by Crippen LogP contribution is -2.44. The highest BCUT2D eigenvalue weighted by Crippen LogP contribution is 2.48. The van der Waals surface area contributed by atoms with E-state index in [2.05, 4.69) is 33.5 Å². The van der Waals surface area contributed by atoms with Gasteiger partial charge in [-0.1, -0.05) is 106 Å². The van der Waals surface area contributed by atoms with Gasteiger partial charge in [-0.15, -0.1) is 6.58 Å². The lowest BCUT2D eigenvalue weighted by atomic mass is 9.98. The van der Waals surface area contributed by atoms with Crippen LogP contribution in [0.3, 0.4) is 0 Å². The van der Waals surface area contributed by atoms with Crippen molar-refractivity contribution >= 4 is 30.7 Å². The van der Waals surface area contributed by atoms with Gasteiger partial charge in [0, 0.05) is 6.42 Å². The average molecular weight is 739 g/mol. The van der Waals surface area contributed by atoms with Gasteiger partial charge in [0.05, 0.1) is 25.6 Å². The van der Waals surface area contributed by atoms with Crippen molar-refractivity contribution in [3.63, 3.8) is 0 Å². The first-order valence-corrected chi connectivity index (χ1v) is 19.3. The molecule has 0 radical (unpaired) electrons. The van der Waals surface area contributed by atoms with Crippen LogP contribution in [0.15, 0.2) is 79.6 Å². The van der Waals surface area contributed by atoms with Gasteiger partial charge in [0.1, 0.15) is 23.6 Å². The van der Waals surface area contributed by atoms with Gasteiger partial charge in [0.2, 0.25) is 0 Å². The molecule has 2 aromatic carbocycles. The summed E-state index contributed by atoms with van der Waals surface area (Å²) in [6.07, 6.45) is 8.38. The second kappa shape index (κ2) is 18.5. The summed E-state index contributed by atoms with van der Waals surface area (Å²) in [6.45, 7) is 5.76. The minimum absolute atomic E-state index is 0.00859. The van der Waals surface area contributed by atoms with E-state index in [1.807, 2.05) is 30.3 Å². The van der Waals surface area contributed by atoms with Crippen LogP contribution in [-0.2, 0) is 29.8 Å². The zero-order valence-corrected chi connectivity index (χ0v) is 30.3. The zero-order valence-electron chi connectivity index (χ0n) is 29.4. The first-order chi connectivity index (χ1) is 25.1. The minimum atomic E-state index is -4.41. The maximum atomic E-state index is 14.7. The Hall–Kier alpha value is -4.20. The molecule has 15 heteroatoms. The summed E-state index contributed by atoms with van der Waals surface area (Å²) in [4.78, 5) is 25.1. The Kier molecular flexibility index (Phi) is 13.9. The van der Waals surface area contributed by atoms with Crippen molar-refractivity contribution in [2.75, 3.05) is 18.9 Å². The maximum absolute atomic E-state index is 14.7. The van der Waals surface area contributed by atoms with E-state index in [4.69, 9.17) is 24.3 Å². The summed E-state index contributed by atoms with van der Waals surface area (Å²) in [5, 5.41) is 14.1. The van der Waals surface area contributed by atoms with Crippen LogP contribution in [0, 0.1) is 6.08 Å². The van der Waals surface area contributed by atoms with E-state index in [9.17, 15) is 18.9 Å². The molecule has 0 bridgehead atoms. The number of carbonyl (C=O) groups excluding carboxylic acids is 1. The van der Waals surface area contributed by atoms with Crippen LogP contribution < -0.4 is 15.3 Å². The van der Waals surface area contributed by atoms with Crippen LogP contribution >= 0.6 is 7.75 Å². The molecular weight excluding hydrogens is 690 g/mol. The maximum Gasteiger partial charge on any atom is 0.459 e. The van der Waals surface area contributed by atoms with E-state index < -0.39 is 50.4 Å². The standard InChI is InChI=1S/C37H48FN6O7P/c1-3-5-6-7-8-9-10-17-22-48-35(46)29(23-27-18-13-11-14-19-27)43-52(47,51-28-20-15-12-16-21-28)49-25-37(4-2)30(45)24-31(50-37)44-26-40-32-33(39)41-36(38)42-34(32)44/h4,11-16,18-21,26,29-31,45H,2-3,5-10,17,22-25H2,1H3,(H,43,47)(H2,39,41,42)/t29-,30-,31+,37+,52?/m0/s1. The number of benzene rings is 2. The quantitative estimate of drug-likeness (QED) is 0.0268. The molecule has 1 aliphatic heterocycles. The van der Waals surface area contributed by atoms with Crippen LogP contribution in [0.1, 0.15) is 76.5 Å². The average Bonchev–Trinajstić information content (AvgIpc) is 3.71. The summed E-state index contributed by atoms with van der Waals surface area (Å²) in [5.41, 5.74) is 5.25. The van der Waals surface area contributed by atoms with Crippen molar-refractivity contribution in [2.24, 2.45) is 0 Å². The van der Waals surface area contributed by atoms with Gasteiger partial charge in [-0.25, -0.2) is 9.55 Å². The number of anilines is 1. The number of rotatable bonds is 21. The third-order valence-corrected chi connectivity index (χ3v) is 10.5. The molecule has 0 amide bonds. The summed E-state index contributed by atoms with van der Waals surface area (Å²) in [5.74, 6) is -0.542. The third kappa shape index (κ3) is 10.2. The SMILES string of the molecule is C=C[C@]1(COP(=O)(N[C@@H](Cc2ccccc2)C(=O)OCCCCCCCCCC)Oc2ccccc2)O[C@@H](n2cnc3c(N)nc(F)nc32)C[C@@H]1O. The molecule has 4 N–H and O–H groups in total. The van der Waals surface area contributed by atoms with E-state index in [0.717, 1.165) is 24.8 Å². The number of unbranched alkanes of at least 4 members (excludes halogenated alkanes) is 7. The Morgan fingerprint density at radius 2 is 1.79 bits per heavy atom. The van der Waals surface area contributed by atoms with Crippen LogP contribution in [-0.4, -0.2) is 61.6 Å². The number of hydrogen-bond acceptors (Lipinski definition) is 11. The fourth-order valence-electron chi connectivity index (χ4n) is 6.06. The molecule has 0 spiro atoms. The van der Waals surface area contributed by atoms with Crippen molar-refractivity contribution in [3.05, 3.63) is 91.3 Å². The number of nitrogen functional groups attached to an aromatic ring is 1. The van der Waals surface area contributed by atoms with Gasteiger partial charge in [0.15, 0.2) is 17.0 Å². The monoisotopic (exact) mass is 738 g/mol. The molecule has 5 atom stereocenters. The van der Waals surface area contributed by atoms with Crippen LogP contribution in [0.2, 0.25) is 0 Å². The highest BCUT2D eigenvalue weighted by Gasteiger charge is 2.49. The van der Waals surface area contributed by atoms with E-state index in [0.29, 0.717) is 6.42 Å². The Balaban J connectivity index is 1.32. The summed E-state index contributed by atoms with van der Waals surface area (Å²) in [7, 11) is -4.41.